The number of nitrogens with zero attached hydrogens (tertiary/aromatic N) is 1. The molecule has 2 rings (SSSR count). The molecule has 0 aliphatic rings. The highest BCUT2D eigenvalue weighted by Gasteiger charge is 2.09. The van der Waals surface area contributed by atoms with Crippen molar-refractivity contribution in [2.45, 2.75) is 13.5 Å². The van der Waals surface area contributed by atoms with Gasteiger partial charge in [-0.25, -0.2) is 9.78 Å². The van der Waals surface area contributed by atoms with Crippen LogP contribution >= 0.6 is 11.3 Å². The zero-order valence-electron chi connectivity index (χ0n) is 10.4. The molecule has 0 amide bonds. The first-order valence-corrected chi connectivity index (χ1v) is 6.61. The number of para-hydroxylation sites is 1. The van der Waals surface area contributed by atoms with Gasteiger partial charge in [0.1, 0.15) is 12.4 Å². The van der Waals surface area contributed by atoms with Crippen LogP contribution in [0.4, 0.5) is 0 Å². The molecule has 0 fully saturated rings. The molecular formula is C14H13NO3S. The lowest BCUT2D eigenvalue weighted by molar-refractivity contribution is 0.0696. The number of carboxylic acids is 1. The van der Waals surface area contributed by atoms with Crippen molar-refractivity contribution < 1.29 is 14.6 Å². The van der Waals surface area contributed by atoms with Crippen molar-refractivity contribution >= 4 is 23.4 Å². The van der Waals surface area contributed by atoms with E-state index in [1.165, 1.54) is 0 Å². The molecular weight excluding hydrogens is 262 g/mol. The highest BCUT2D eigenvalue weighted by Crippen LogP contribution is 2.21. The van der Waals surface area contributed by atoms with Gasteiger partial charge in [-0.05, 0) is 13.0 Å². The monoisotopic (exact) mass is 275 g/mol. The van der Waals surface area contributed by atoms with Crippen LogP contribution in [-0.2, 0) is 6.61 Å². The first-order chi connectivity index (χ1) is 9.20. The Labute approximate surface area is 115 Å². The highest BCUT2D eigenvalue weighted by atomic mass is 32.1. The van der Waals surface area contributed by atoms with Crippen molar-refractivity contribution in [3.8, 4) is 5.75 Å². The fourth-order valence-electron chi connectivity index (χ4n) is 1.55. The van der Waals surface area contributed by atoms with Crippen molar-refractivity contribution in [3.05, 3.63) is 52.0 Å². The largest absolute Gasteiger partial charge is 0.487 e. The van der Waals surface area contributed by atoms with Crippen LogP contribution in [0, 0.1) is 0 Å². The lowest BCUT2D eigenvalue weighted by Crippen LogP contribution is -1.99. The smallest absolute Gasteiger partial charge is 0.365 e. The van der Waals surface area contributed by atoms with Gasteiger partial charge < -0.3 is 9.84 Å². The summed E-state index contributed by atoms with van der Waals surface area (Å²) in [5.74, 6) is -0.254. The van der Waals surface area contributed by atoms with Gasteiger partial charge in [-0.1, -0.05) is 30.4 Å². The molecule has 19 heavy (non-hydrogen) atoms. The van der Waals surface area contributed by atoms with Crippen LogP contribution in [-0.4, -0.2) is 16.1 Å². The van der Waals surface area contributed by atoms with Gasteiger partial charge in [0.15, 0.2) is 0 Å². The zero-order valence-corrected chi connectivity index (χ0v) is 11.2. The maximum atomic E-state index is 10.7. The Kier molecular flexibility index (Phi) is 4.30. The summed E-state index contributed by atoms with van der Waals surface area (Å²) in [6.07, 6.45) is 3.90. The average molecular weight is 275 g/mol. The first-order valence-electron chi connectivity index (χ1n) is 5.73. The number of rotatable bonds is 5. The summed E-state index contributed by atoms with van der Waals surface area (Å²) in [6, 6.07) is 7.67. The Bertz CT molecular complexity index is 604. The Morgan fingerprint density at radius 3 is 2.95 bits per heavy atom. The van der Waals surface area contributed by atoms with Crippen LogP contribution < -0.4 is 4.74 Å². The van der Waals surface area contributed by atoms with Gasteiger partial charge in [0.05, 0.1) is 5.69 Å². The molecule has 0 atom stereocenters. The summed E-state index contributed by atoms with van der Waals surface area (Å²) >= 11 is 1.10. The van der Waals surface area contributed by atoms with E-state index in [0.29, 0.717) is 5.69 Å². The van der Waals surface area contributed by atoms with Gasteiger partial charge >= 0.3 is 5.97 Å². The number of allylic oxidation sites excluding steroid dienone is 1. The van der Waals surface area contributed by atoms with Crippen molar-refractivity contribution in [1.29, 1.82) is 0 Å². The standard InChI is InChI=1S/C14H13NO3S/c1-2-5-10-6-3-4-7-12(10)18-8-11-9-19-13(15-11)14(16)17/h2-7,9H,8H2,1H3,(H,16,17)/b5-2+. The molecule has 0 bridgehead atoms. The molecule has 2 aromatic rings. The number of carboxylic acid groups (broad SMARTS) is 1. The molecule has 0 spiro atoms. The number of aromatic nitrogens is 1. The van der Waals surface area contributed by atoms with Crippen LogP contribution in [0.1, 0.15) is 28.0 Å². The third-order valence-electron chi connectivity index (χ3n) is 2.38. The van der Waals surface area contributed by atoms with Gasteiger partial charge in [-0.2, -0.15) is 0 Å². The lowest BCUT2D eigenvalue weighted by atomic mass is 10.2. The minimum Gasteiger partial charge on any atom is -0.487 e. The molecule has 1 aromatic heterocycles. The summed E-state index contributed by atoms with van der Waals surface area (Å²) in [6.45, 7) is 2.20. The van der Waals surface area contributed by atoms with Crippen molar-refractivity contribution in [3.63, 3.8) is 0 Å². The summed E-state index contributed by atoms with van der Waals surface area (Å²) in [5.41, 5.74) is 1.61. The van der Waals surface area contributed by atoms with E-state index in [9.17, 15) is 4.79 Å². The highest BCUT2D eigenvalue weighted by molar-refractivity contribution is 7.11. The van der Waals surface area contributed by atoms with Crippen molar-refractivity contribution in [2.24, 2.45) is 0 Å². The molecule has 98 valence electrons. The summed E-state index contributed by atoms with van der Waals surface area (Å²) in [5, 5.41) is 10.6. The molecule has 1 aromatic carbocycles. The fraction of sp³-hybridized carbons (Fsp3) is 0.143. The molecule has 0 saturated carbocycles. The van der Waals surface area contributed by atoms with Gasteiger partial charge in [-0.3, -0.25) is 0 Å². The quantitative estimate of drug-likeness (QED) is 0.908. The topological polar surface area (TPSA) is 59.4 Å². The minimum absolute atomic E-state index is 0.0836. The van der Waals surface area contributed by atoms with E-state index in [-0.39, 0.29) is 11.6 Å². The number of aromatic carboxylic acids is 1. The van der Waals surface area contributed by atoms with E-state index in [1.807, 2.05) is 43.3 Å². The second-order valence-electron chi connectivity index (χ2n) is 3.78. The van der Waals surface area contributed by atoms with Gasteiger partial charge in [0.2, 0.25) is 5.01 Å². The number of ether oxygens (including phenoxy) is 1. The Hall–Kier alpha value is -2.14. The normalized spacial score (nSPS) is 10.8. The minimum atomic E-state index is -1.01. The van der Waals surface area contributed by atoms with Crippen LogP contribution in [0.25, 0.3) is 6.08 Å². The molecule has 1 heterocycles. The number of benzene rings is 1. The second-order valence-corrected chi connectivity index (χ2v) is 4.63. The van der Waals surface area contributed by atoms with Crippen molar-refractivity contribution in [1.82, 2.24) is 4.98 Å². The van der Waals surface area contributed by atoms with Crippen LogP contribution in [0.5, 0.6) is 5.75 Å². The zero-order chi connectivity index (χ0) is 13.7. The Balaban J connectivity index is 2.07. The summed E-state index contributed by atoms with van der Waals surface area (Å²) in [7, 11) is 0. The predicted octanol–water partition coefficient (Wildman–Crippen LogP) is 3.45. The van der Waals surface area contributed by atoms with Crippen LogP contribution in [0.15, 0.2) is 35.7 Å². The molecule has 1 N–H and O–H groups in total. The third-order valence-corrected chi connectivity index (χ3v) is 3.25. The SMILES string of the molecule is C/C=C/c1ccccc1OCc1csc(C(=O)O)n1. The predicted molar refractivity (Wildman–Crippen MR) is 74.6 cm³/mol. The lowest BCUT2D eigenvalue weighted by Gasteiger charge is -2.07. The molecule has 4 nitrogen and oxygen atoms in total. The Morgan fingerprint density at radius 2 is 2.26 bits per heavy atom. The molecule has 0 saturated heterocycles. The average Bonchev–Trinajstić information content (AvgIpc) is 2.87. The summed E-state index contributed by atoms with van der Waals surface area (Å²) in [4.78, 5) is 14.7. The maximum absolute atomic E-state index is 10.7. The van der Waals surface area contributed by atoms with Crippen molar-refractivity contribution in [2.75, 3.05) is 0 Å². The first kappa shape index (κ1) is 13.3. The van der Waals surface area contributed by atoms with Gasteiger partial charge in [0.25, 0.3) is 0 Å². The number of hydrogen-bond acceptors (Lipinski definition) is 4. The molecule has 0 radical (unpaired) electrons. The Morgan fingerprint density at radius 1 is 1.47 bits per heavy atom. The van der Waals surface area contributed by atoms with Gasteiger partial charge in [0, 0.05) is 10.9 Å². The molecule has 5 heteroatoms. The molecule has 0 aliphatic carbocycles. The number of carbonyl (C=O) groups is 1. The van der Waals surface area contributed by atoms with E-state index >= 15 is 0 Å². The number of hydrogen-bond donors (Lipinski definition) is 1. The van der Waals surface area contributed by atoms with Gasteiger partial charge in [-0.15, -0.1) is 11.3 Å². The third kappa shape index (κ3) is 3.42. The fourth-order valence-corrected chi connectivity index (χ4v) is 2.19. The van der Waals surface area contributed by atoms with Crippen LogP contribution in [0.2, 0.25) is 0 Å². The number of thiazole rings is 1. The maximum Gasteiger partial charge on any atom is 0.365 e. The van der Waals surface area contributed by atoms with E-state index in [4.69, 9.17) is 9.84 Å². The molecule has 0 aliphatic heterocycles. The van der Waals surface area contributed by atoms with E-state index < -0.39 is 5.97 Å². The second kappa shape index (κ2) is 6.15. The van der Waals surface area contributed by atoms with Crippen LogP contribution in [0.3, 0.4) is 0 Å². The molecule has 0 unspecified atom stereocenters. The van der Waals surface area contributed by atoms with E-state index in [0.717, 1.165) is 22.6 Å². The van der Waals surface area contributed by atoms with E-state index in [2.05, 4.69) is 4.98 Å². The summed E-state index contributed by atoms with van der Waals surface area (Å²) < 4.78 is 5.67. The van der Waals surface area contributed by atoms with E-state index in [1.54, 1.807) is 5.38 Å².